The molecule has 0 spiro atoms. The maximum atomic E-state index is 13.3. The summed E-state index contributed by atoms with van der Waals surface area (Å²) >= 11 is 1.32. The molecule has 1 N–H and O–H groups in total. The number of nitrogens with one attached hydrogen (secondary N) is 1. The van der Waals surface area contributed by atoms with Crippen LogP contribution in [0, 0.1) is 0 Å². The Balaban J connectivity index is 1.64. The van der Waals surface area contributed by atoms with Crippen molar-refractivity contribution in [3.05, 3.63) is 90.5 Å². The molecule has 0 aliphatic heterocycles. The molecule has 3 aromatic carbocycles. The van der Waals surface area contributed by atoms with E-state index in [-0.39, 0.29) is 22.8 Å². The van der Waals surface area contributed by atoms with Gasteiger partial charge in [-0.25, -0.2) is 0 Å². The van der Waals surface area contributed by atoms with E-state index in [1.807, 2.05) is 92.7 Å². The molecule has 0 aliphatic rings. The molecule has 0 saturated heterocycles. The third-order valence-corrected chi connectivity index (χ3v) is 5.92. The van der Waals surface area contributed by atoms with Gasteiger partial charge in [-0.1, -0.05) is 60.7 Å². The number of rotatable bonds is 10. The van der Waals surface area contributed by atoms with E-state index in [2.05, 4.69) is 5.32 Å². The van der Waals surface area contributed by atoms with Crippen molar-refractivity contribution in [1.29, 1.82) is 0 Å². The lowest BCUT2D eigenvalue weighted by Crippen LogP contribution is -2.36. The van der Waals surface area contributed by atoms with Crippen LogP contribution in [-0.2, 0) is 16.1 Å². The Kier molecular flexibility index (Phi) is 8.75. The number of hydrogen-bond donors (Lipinski definition) is 1. The third kappa shape index (κ3) is 6.62. The first kappa shape index (κ1) is 23.4. The molecule has 1 unspecified atom stereocenters. The molecule has 3 rings (SSSR count). The van der Waals surface area contributed by atoms with E-state index < -0.39 is 0 Å². The zero-order chi connectivity index (χ0) is 22.8. The standard InChI is InChI=1S/C26H28N2O3S/c1-3-31-24-17-11-10-16-23(24)27-25(29)19-32-20(2)26(30)28(22-14-8-5-9-15-22)18-21-12-6-4-7-13-21/h4-17,20H,3,18-19H2,1-2H3,(H,27,29). The first-order valence-corrected chi connectivity index (χ1v) is 11.7. The molecule has 0 bridgehead atoms. The number of anilines is 2. The lowest BCUT2D eigenvalue weighted by Gasteiger charge is -2.26. The predicted octanol–water partition coefficient (Wildman–Crippen LogP) is 5.38. The van der Waals surface area contributed by atoms with Crippen molar-refractivity contribution in [1.82, 2.24) is 0 Å². The lowest BCUT2D eigenvalue weighted by molar-refractivity contribution is -0.118. The summed E-state index contributed by atoms with van der Waals surface area (Å²) in [5.41, 5.74) is 2.52. The molecule has 2 amide bonds. The van der Waals surface area contributed by atoms with Crippen LogP contribution in [0.1, 0.15) is 19.4 Å². The first-order chi connectivity index (χ1) is 15.6. The second-order valence-electron chi connectivity index (χ2n) is 7.18. The number of nitrogens with zero attached hydrogens (tertiary/aromatic N) is 1. The molecule has 5 nitrogen and oxygen atoms in total. The summed E-state index contributed by atoms with van der Waals surface area (Å²) in [7, 11) is 0. The molecule has 166 valence electrons. The smallest absolute Gasteiger partial charge is 0.240 e. The third-order valence-electron chi connectivity index (χ3n) is 4.79. The van der Waals surface area contributed by atoms with E-state index in [4.69, 9.17) is 4.74 Å². The average Bonchev–Trinajstić information content (AvgIpc) is 2.83. The van der Waals surface area contributed by atoms with Gasteiger partial charge in [-0.15, -0.1) is 11.8 Å². The van der Waals surface area contributed by atoms with Crippen LogP contribution in [0.4, 0.5) is 11.4 Å². The van der Waals surface area contributed by atoms with Crippen molar-refractivity contribution in [2.75, 3.05) is 22.6 Å². The number of carbonyl (C=O) groups excluding carboxylic acids is 2. The number of ether oxygens (including phenoxy) is 1. The summed E-state index contributed by atoms with van der Waals surface area (Å²) in [6, 6.07) is 26.8. The van der Waals surface area contributed by atoms with Crippen molar-refractivity contribution in [2.45, 2.75) is 25.6 Å². The Morgan fingerprint density at radius 1 is 0.938 bits per heavy atom. The summed E-state index contributed by atoms with van der Waals surface area (Å²) in [5, 5.41) is 2.50. The van der Waals surface area contributed by atoms with E-state index in [1.54, 1.807) is 11.0 Å². The van der Waals surface area contributed by atoms with Crippen molar-refractivity contribution in [3.8, 4) is 5.75 Å². The molecule has 0 saturated carbocycles. The Morgan fingerprint density at radius 2 is 1.56 bits per heavy atom. The van der Waals surface area contributed by atoms with E-state index in [9.17, 15) is 9.59 Å². The van der Waals surface area contributed by atoms with Crippen LogP contribution in [0.5, 0.6) is 5.75 Å². The zero-order valence-electron chi connectivity index (χ0n) is 18.4. The van der Waals surface area contributed by atoms with Crippen LogP contribution in [0.3, 0.4) is 0 Å². The molecule has 6 heteroatoms. The van der Waals surface area contributed by atoms with Gasteiger partial charge in [0.05, 0.1) is 29.8 Å². The van der Waals surface area contributed by atoms with Gasteiger partial charge in [0.1, 0.15) is 5.75 Å². The highest BCUT2D eigenvalue weighted by molar-refractivity contribution is 8.01. The lowest BCUT2D eigenvalue weighted by atomic mass is 10.2. The van der Waals surface area contributed by atoms with Gasteiger partial charge in [0.2, 0.25) is 11.8 Å². The van der Waals surface area contributed by atoms with Crippen LogP contribution < -0.4 is 15.0 Å². The second-order valence-corrected chi connectivity index (χ2v) is 8.51. The van der Waals surface area contributed by atoms with Crippen LogP contribution in [0.2, 0.25) is 0 Å². The van der Waals surface area contributed by atoms with Gasteiger partial charge >= 0.3 is 0 Å². The predicted molar refractivity (Wildman–Crippen MR) is 132 cm³/mol. The molecule has 32 heavy (non-hydrogen) atoms. The zero-order valence-corrected chi connectivity index (χ0v) is 19.2. The normalized spacial score (nSPS) is 11.4. The Labute approximate surface area is 193 Å². The number of thioether (sulfide) groups is 1. The van der Waals surface area contributed by atoms with Crippen LogP contribution in [-0.4, -0.2) is 29.4 Å². The highest BCUT2D eigenvalue weighted by atomic mass is 32.2. The van der Waals surface area contributed by atoms with Gasteiger partial charge in [0.15, 0.2) is 0 Å². The van der Waals surface area contributed by atoms with Crippen molar-refractivity contribution >= 4 is 35.0 Å². The topological polar surface area (TPSA) is 58.6 Å². The Hall–Kier alpha value is -3.25. The van der Waals surface area contributed by atoms with Gasteiger partial charge < -0.3 is 15.0 Å². The fourth-order valence-electron chi connectivity index (χ4n) is 3.20. The van der Waals surface area contributed by atoms with Gasteiger partial charge in [0, 0.05) is 5.69 Å². The number of benzene rings is 3. The van der Waals surface area contributed by atoms with Crippen molar-refractivity contribution < 1.29 is 14.3 Å². The average molecular weight is 449 g/mol. The monoisotopic (exact) mass is 448 g/mol. The quantitative estimate of drug-likeness (QED) is 0.452. The summed E-state index contributed by atoms with van der Waals surface area (Å²) < 4.78 is 5.56. The van der Waals surface area contributed by atoms with Crippen LogP contribution in [0.25, 0.3) is 0 Å². The molecule has 0 aromatic heterocycles. The SMILES string of the molecule is CCOc1ccccc1NC(=O)CSC(C)C(=O)N(Cc1ccccc1)c1ccccc1. The number of carbonyl (C=O) groups is 2. The first-order valence-electron chi connectivity index (χ1n) is 10.6. The molecule has 3 aromatic rings. The maximum absolute atomic E-state index is 13.3. The highest BCUT2D eigenvalue weighted by Gasteiger charge is 2.23. The van der Waals surface area contributed by atoms with Crippen molar-refractivity contribution in [2.24, 2.45) is 0 Å². The summed E-state index contributed by atoms with van der Waals surface area (Å²) in [4.78, 5) is 27.6. The molecular formula is C26H28N2O3S. The molecule has 0 heterocycles. The number of para-hydroxylation sites is 3. The van der Waals surface area contributed by atoms with Gasteiger partial charge in [0.25, 0.3) is 0 Å². The summed E-state index contributed by atoms with van der Waals surface area (Å²) in [6.45, 7) is 4.73. The fraction of sp³-hybridized carbons (Fsp3) is 0.231. The minimum Gasteiger partial charge on any atom is -0.492 e. The Morgan fingerprint density at radius 3 is 2.25 bits per heavy atom. The van der Waals surface area contributed by atoms with Crippen LogP contribution >= 0.6 is 11.8 Å². The van der Waals surface area contributed by atoms with Crippen molar-refractivity contribution in [3.63, 3.8) is 0 Å². The van der Waals surface area contributed by atoms with Gasteiger partial charge in [-0.05, 0) is 43.7 Å². The van der Waals surface area contributed by atoms with Crippen LogP contribution in [0.15, 0.2) is 84.9 Å². The van der Waals surface area contributed by atoms with E-state index in [0.717, 1.165) is 11.3 Å². The molecular weight excluding hydrogens is 420 g/mol. The molecule has 0 radical (unpaired) electrons. The number of amides is 2. The maximum Gasteiger partial charge on any atom is 0.240 e. The minimum atomic E-state index is -0.383. The van der Waals surface area contributed by atoms with Gasteiger partial charge in [-0.3, -0.25) is 9.59 Å². The summed E-state index contributed by atoms with van der Waals surface area (Å²) in [5.74, 6) is 0.598. The fourth-order valence-corrected chi connectivity index (χ4v) is 3.94. The highest BCUT2D eigenvalue weighted by Crippen LogP contribution is 2.25. The molecule has 1 atom stereocenters. The van der Waals surface area contributed by atoms with E-state index in [1.165, 1.54) is 11.8 Å². The minimum absolute atomic E-state index is 0.0347. The Bertz CT molecular complexity index is 1010. The second kappa shape index (κ2) is 12.0. The summed E-state index contributed by atoms with van der Waals surface area (Å²) in [6.07, 6.45) is 0. The largest absolute Gasteiger partial charge is 0.492 e. The van der Waals surface area contributed by atoms with Gasteiger partial charge in [-0.2, -0.15) is 0 Å². The van der Waals surface area contributed by atoms with E-state index >= 15 is 0 Å². The number of hydrogen-bond acceptors (Lipinski definition) is 4. The molecule has 0 fully saturated rings. The van der Waals surface area contributed by atoms with E-state index in [0.29, 0.717) is 24.6 Å². The molecule has 0 aliphatic carbocycles.